The summed E-state index contributed by atoms with van der Waals surface area (Å²) in [6, 6.07) is 9.72. The minimum atomic E-state index is -3.81. The molecule has 3 aromatic rings. The molecule has 2 heterocycles. The number of pyridine rings is 1. The van der Waals surface area contributed by atoms with Crippen molar-refractivity contribution in [2.24, 2.45) is 0 Å². The lowest BCUT2D eigenvalue weighted by Gasteiger charge is -2.07. The van der Waals surface area contributed by atoms with E-state index in [0.29, 0.717) is 15.2 Å². The molecule has 118 valence electrons. The maximum absolute atomic E-state index is 12.5. The van der Waals surface area contributed by atoms with Crippen LogP contribution in [-0.4, -0.2) is 23.6 Å². The van der Waals surface area contributed by atoms with Crippen molar-refractivity contribution in [2.75, 3.05) is 4.72 Å². The third kappa shape index (κ3) is 3.54. The molecule has 9 heteroatoms. The molecule has 6 nitrogen and oxygen atoms in total. The molecule has 2 N–H and O–H groups in total. The number of H-pyrrole nitrogens is 1. The Morgan fingerprint density at radius 1 is 1.13 bits per heavy atom. The largest absolute Gasteiger partial charge is 0.276 e. The smallest absolute Gasteiger partial charge is 0.264 e. The fraction of sp³-hybridized carbons (Fsp3) is 0. The number of aromatic amines is 1. The molecule has 0 unspecified atom stereocenters. The summed E-state index contributed by atoms with van der Waals surface area (Å²) >= 11 is 9.08. The summed E-state index contributed by atoms with van der Waals surface area (Å²) < 4.78 is 27.7. The van der Waals surface area contributed by atoms with Gasteiger partial charge >= 0.3 is 0 Å². The zero-order valence-corrected chi connectivity index (χ0v) is 14.7. The third-order valence-corrected chi connectivity index (χ3v) is 5.57. The predicted octanol–water partition coefficient (Wildman–Crippen LogP) is 3.69. The van der Waals surface area contributed by atoms with Crippen molar-refractivity contribution in [3.05, 3.63) is 58.3 Å². The molecule has 0 amide bonds. The second-order valence-electron chi connectivity index (χ2n) is 4.58. The summed E-state index contributed by atoms with van der Waals surface area (Å²) in [5.41, 5.74) is 1.53. The predicted molar refractivity (Wildman–Crippen MR) is 91.8 cm³/mol. The van der Waals surface area contributed by atoms with Crippen LogP contribution in [0.4, 0.5) is 5.82 Å². The molecule has 3 rings (SSSR count). The quantitative estimate of drug-likeness (QED) is 0.683. The fourth-order valence-corrected chi connectivity index (χ4v) is 4.15. The van der Waals surface area contributed by atoms with Gasteiger partial charge in [-0.25, -0.2) is 8.42 Å². The summed E-state index contributed by atoms with van der Waals surface area (Å²) in [7, 11) is -3.81. The first-order valence-electron chi connectivity index (χ1n) is 6.39. The van der Waals surface area contributed by atoms with Gasteiger partial charge in [-0.05, 0) is 46.3 Å². The lowest BCUT2D eigenvalue weighted by atomic mass is 10.2. The van der Waals surface area contributed by atoms with E-state index < -0.39 is 10.0 Å². The highest BCUT2D eigenvalue weighted by Crippen LogP contribution is 2.27. The monoisotopic (exact) mass is 412 g/mol. The van der Waals surface area contributed by atoms with Crippen molar-refractivity contribution >= 4 is 43.4 Å². The highest BCUT2D eigenvalue weighted by Gasteiger charge is 2.19. The van der Waals surface area contributed by atoms with Gasteiger partial charge in [0, 0.05) is 33.5 Å². The Hall–Kier alpha value is -1.90. The van der Waals surface area contributed by atoms with Crippen LogP contribution < -0.4 is 4.72 Å². The Balaban J connectivity index is 1.90. The topological polar surface area (TPSA) is 87.7 Å². The average molecular weight is 414 g/mol. The molecule has 1 aromatic carbocycles. The molecule has 0 saturated carbocycles. The van der Waals surface area contributed by atoms with Crippen molar-refractivity contribution in [1.82, 2.24) is 15.2 Å². The van der Waals surface area contributed by atoms with Crippen LogP contribution in [0.2, 0.25) is 5.02 Å². The van der Waals surface area contributed by atoms with Gasteiger partial charge in [0.05, 0.1) is 5.69 Å². The van der Waals surface area contributed by atoms with Crippen molar-refractivity contribution in [1.29, 1.82) is 0 Å². The minimum Gasteiger partial charge on any atom is -0.276 e. The normalized spacial score (nSPS) is 11.4. The lowest BCUT2D eigenvalue weighted by Crippen LogP contribution is -2.13. The molecule has 0 atom stereocenters. The van der Waals surface area contributed by atoms with Gasteiger partial charge in [0.2, 0.25) is 0 Å². The Kier molecular flexibility index (Phi) is 4.38. The van der Waals surface area contributed by atoms with E-state index in [0.717, 1.165) is 5.56 Å². The first-order valence-corrected chi connectivity index (χ1v) is 9.05. The molecule has 0 fully saturated rings. The van der Waals surface area contributed by atoms with Gasteiger partial charge in [0.1, 0.15) is 4.90 Å². The second-order valence-corrected chi connectivity index (χ2v) is 7.52. The Labute approximate surface area is 146 Å². The van der Waals surface area contributed by atoms with Crippen molar-refractivity contribution < 1.29 is 8.42 Å². The van der Waals surface area contributed by atoms with Gasteiger partial charge < -0.3 is 0 Å². The first kappa shape index (κ1) is 16.0. The third-order valence-electron chi connectivity index (χ3n) is 2.99. The summed E-state index contributed by atoms with van der Waals surface area (Å²) in [5.74, 6) is 0.184. The zero-order valence-electron chi connectivity index (χ0n) is 11.5. The summed E-state index contributed by atoms with van der Waals surface area (Å²) in [6.45, 7) is 0. The molecule has 0 aliphatic carbocycles. The van der Waals surface area contributed by atoms with Crippen LogP contribution in [0.15, 0.2) is 58.2 Å². The van der Waals surface area contributed by atoms with Gasteiger partial charge in [-0.3, -0.25) is 14.8 Å². The molecule has 0 saturated heterocycles. The van der Waals surface area contributed by atoms with Crippen molar-refractivity contribution in [3.8, 4) is 11.3 Å². The van der Waals surface area contributed by atoms with Gasteiger partial charge in [-0.15, -0.1) is 0 Å². The number of rotatable bonds is 4. The molecule has 0 bridgehead atoms. The molecule has 2 aromatic heterocycles. The van der Waals surface area contributed by atoms with Crippen molar-refractivity contribution in [2.45, 2.75) is 4.90 Å². The van der Waals surface area contributed by atoms with Crippen LogP contribution in [0.5, 0.6) is 0 Å². The van der Waals surface area contributed by atoms with Gasteiger partial charge in [-0.1, -0.05) is 11.6 Å². The highest BCUT2D eigenvalue weighted by molar-refractivity contribution is 9.10. The maximum atomic E-state index is 12.5. The van der Waals surface area contributed by atoms with Crippen LogP contribution >= 0.6 is 27.5 Å². The van der Waals surface area contributed by atoms with Crippen LogP contribution in [-0.2, 0) is 10.0 Å². The standard InChI is InChI=1S/C14H10BrClN4O2S/c15-11-2-1-10(16)7-13(11)23(21,22)20-14-8-12(18-19-14)9-3-5-17-6-4-9/h1-8H,(H2,18,19,20). The number of aromatic nitrogens is 3. The molecule has 0 aliphatic heterocycles. The minimum absolute atomic E-state index is 0.0402. The second kappa shape index (κ2) is 6.31. The van der Waals surface area contributed by atoms with E-state index in [1.54, 1.807) is 42.7 Å². The van der Waals surface area contributed by atoms with E-state index >= 15 is 0 Å². The summed E-state index contributed by atoms with van der Waals surface area (Å²) in [5, 5.41) is 7.08. The summed E-state index contributed by atoms with van der Waals surface area (Å²) in [6.07, 6.45) is 3.28. The number of hydrogen-bond acceptors (Lipinski definition) is 4. The first-order chi connectivity index (χ1) is 11.0. The number of hydrogen-bond donors (Lipinski definition) is 2. The van der Waals surface area contributed by atoms with Gasteiger partial charge in [0.25, 0.3) is 10.0 Å². The Bertz CT molecular complexity index is 944. The molecule has 0 radical (unpaired) electrons. The molecule has 23 heavy (non-hydrogen) atoms. The summed E-state index contributed by atoms with van der Waals surface area (Å²) in [4.78, 5) is 3.97. The molecular weight excluding hydrogens is 404 g/mol. The number of halogens is 2. The number of nitrogens with one attached hydrogen (secondary N) is 2. The van der Waals surface area contributed by atoms with Gasteiger partial charge in [0.15, 0.2) is 5.82 Å². The molecular formula is C14H10BrClN4O2S. The number of benzene rings is 1. The molecule has 0 spiro atoms. The zero-order chi connectivity index (χ0) is 16.4. The maximum Gasteiger partial charge on any atom is 0.264 e. The van der Waals surface area contributed by atoms with E-state index in [9.17, 15) is 8.42 Å². The average Bonchev–Trinajstić information content (AvgIpc) is 2.98. The van der Waals surface area contributed by atoms with Crippen LogP contribution in [0.1, 0.15) is 0 Å². The number of sulfonamides is 1. The van der Waals surface area contributed by atoms with Gasteiger partial charge in [-0.2, -0.15) is 5.10 Å². The van der Waals surface area contributed by atoms with E-state index in [-0.39, 0.29) is 10.7 Å². The number of nitrogens with zero attached hydrogens (tertiary/aromatic N) is 2. The van der Waals surface area contributed by atoms with E-state index in [1.165, 1.54) is 6.07 Å². The number of anilines is 1. The fourth-order valence-electron chi connectivity index (χ4n) is 1.93. The molecule has 0 aliphatic rings. The van der Waals surface area contributed by atoms with E-state index in [1.807, 2.05) is 0 Å². The highest BCUT2D eigenvalue weighted by atomic mass is 79.9. The van der Waals surface area contributed by atoms with E-state index in [4.69, 9.17) is 11.6 Å². The Morgan fingerprint density at radius 2 is 1.87 bits per heavy atom. The van der Waals surface area contributed by atoms with Crippen LogP contribution in [0.25, 0.3) is 11.3 Å². The van der Waals surface area contributed by atoms with Crippen molar-refractivity contribution in [3.63, 3.8) is 0 Å². The lowest BCUT2D eigenvalue weighted by molar-refractivity contribution is 0.600. The van der Waals surface area contributed by atoms with E-state index in [2.05, 4.69) is 35.8 Å². The SMILES string of the molecule is O=S(=O)(Nc1cc(-c2ccncc2)[nH]n1)c1cc(Cl)ccc1Br. The van der Waals surface area contributed by atoms with Crippen LogP contribution in [0, 0.1) is 0 Å². The van der Waals surface area contributed by atoms with Crippen LogP contribution in [0.3, 0.4) is 0 Å². The Morgan fingerprint density at radius 3 is 2.61 bits per heavy atom.